The van der Waals surface area contributed by atoms with Crippen molar-refractivity contribution in [1.29, 1.82) is 0 Å². The molecule has 0 unspecified atom stereocenters. The second kappa shape index (κ2) is 6.30. The van der Waals surface area contributed by atoms with Gasteiger partial charge in [0.2, 0.25) is 0 Å². The van der Waals surface area contributed by atoms with Crippen molar-refractivity contribution >= 4 is 0 Å². The Morgan fingerprint density at radius 1 is 1.28 bits per heavy atom. The molecule has 2 N–H and O–H groups in total. The van der Waals surface area contributed by atoms with Crippen LogP contribution in [0, 0.1) is 11.8 Å². The van der Waals surface area contributed by atoms with Crippen molar-refractivity contribution in [3.05, 3.63) is 30.1 Å². The Morgan fingerprint density at radius 2 is 2.00 bits per heavy atom. The van der Waals surface area contributed by atoms with Gasteiger partial charge >= 0.3 is 0 Å². The first kappa shape index (κ1) is 13.5. The summed E-state index contributed by atoms with van der Waals surface area (Å²) >= 11 is 0. The van der Waals surface area contributed by atoms with E-state index in [1.165, 1.54) is 19.3 Å². The quantitative estimate of drug-likeness (QED) is 0.860. The van der Waals surface area contributed by atoms with Crippen LogP contribution in [-0.4, -0.2) is 22.7 Å². The molecular formula is C15H24N2O. The topological polar surface area (TPSA) is 45.1 Å². The fourth-order valence-electron chi connectivity index (χ4n) is 2.71. The first-order valence-electron chi connectivity index (χ1n) is 6.98. The highest BCUT2D eigenvalue weighted by molar-refractivity contribution is 5.13. The fraction of sp³-hybridized carbons (Fsp3) is 0.667. The van der Waals surface area contributed by atoms with Crippen molar-refractivity contribution in [2.45, 2.75) is 45.3 Å². The van der Waals surface area contributed by atoms with Crippen LogP contribution in [0.5, 0.6) is 0 Å². The molecule has 3 heteroatoms. The highest BCUT2D eigenvalue weighted by Gasteiger charge is 2.24. The molecule has 0 bridgehead atoms. The lowest BCUT2D eigenvalue weighted by molar-refractivity contribution is 0.154. The van der Waals surface area contributed by atoms with E-state index in [9.17, 15) is 5.11 Å². The predicted octanol–water partition coefficient (Wildman–Crippen LogP) is 2.53. The lowest BCUT2D eigenvalue weighted by Gasteiger charge is -2.33. The minimum atomic E-state index is -0.428. The van der Waals surface area contributed by atoms with E-state index in [0.29, 0.717) is 12.6 Å². The number of aliphatic hydroxyl groups is 1. The zero-order valence-electron chi connectivity index (χ0n) is 11.3. The average Bonchev–Trinajstić information content (AvgIpc) is 2.41. The molecule has 0 aliphatic heterocycles. The van der Waals surface area contributed by atoms with Crippen LogP contribution >= 0.6 is 0 Å². The number of nitrogens with one attached hydrogen (secondary N) is 1. The summed E-state index contributed by atoms with van der Waals surface area (Å²) in [7, 11) is 0. The molecule has 1 aliphatic carbocycles. The Kier molecular flexibility index (Phi) is 4.72. The maximum atomic E-state index is 10.1. The summed E-state index contributed by atoms with van der Waals surface area (Å²) in [5.41, 5.74) is 0.940. The number of hydrogen-bond donors (Lipinski definition) is 2. The van der Waals surface area contributed by atoms with E-state index in [1.54, 1.807) is 12.4 Å². The maximum absolute atomic E-state index is 10.1. The number of nitrogens with zero attached hydrogens (tertiary/aromatic N) is 1. The van der Waals surface area contributed by atoms with Crippen LogP contribution < -0.4 is 5.32 Å². The molecule has 1 aromatic heterocycles. The molecule has 2 rings (SSSR count). The molecule has 0 radical (unpaired) electrons. The van der Waals surface area contributed by atoms with Crippen LogP contribution in [0.25, 0.3) is 0 Å². The first-order chi connectivity index (χ1) is 8.66. The van der Waals surface area contributed by atoms with Crippen molar-refractivity contribution in [2.75, 3.05) is 6.54 Å². The van der Waals surface area contributed by atoms with E-state index in [0.717, 1.165) is 17.4 Å². The van der Waals surface area contributed by atoms with E-state index in [2.05, 4.69) is 24.1 Å². The summed E-state index contributed by atoms with van der Waals surface area (Å²) in [6, 6.07) is 4.31. The molecule has 4 atom stereocenters. The van der Waals surface area contributed by atoms with Crippen molar-refractivity contribution in [3.63, 3.8) is 0 Å². The molecule has 3 nitrogen and oxygen atoms in total. The molecule has 0 amide bonds. The van der Waals surface area contributed by atoms with Crippen LogP contribution in [-0.2, 0) is 0 Å². The largest absolute Gasteiger partial charge is 0.387 e. The van der Waals surface area contributed by atoms with Gasteiger partial charge in [-0.15, -0.1) is 0 Å². The minimum absolute atomic E-state index is 0.428. The van der Waals surface area contributed by atoms with Crippen LogP contribution in [0.3, 0.4) is 0 Å². The Labute approximate surface area is 110 Å². The number of rotatable bonds is 4. The molecule has 1 fully saturated rings. The van der Waals surface area contributed by atoms with Crippen LogP contribution in [0.15, 0.2) is 24.5 Å². The third kappa shape index (κ3) is 3.53. The smallest absolute Gasteiger partial charge is 0.0915 e. The maximum Gasteiger partial charge on any atom is 0.0915 e. The van der Waals surface area contributed by atoms with Gasteiger partial charge in [0.05, 0.1) is 6.10 Å². The molecule has 18 heavy (non-hydrogen) atoms. The fourth-order valence-corrected chi connectivity index (χ4v) is 2.71. The zero-order valence-corrected chi connectivity index (χ0v) is 11.3. The van der Waals surface area contributed by atoms with E-state index >= 15 is 0 Å². The summed E-state index contributed by atoms with van der Waals surface area (Å²) in [6.45, 7) is 5.31. The number of aromatic nitrogens is 1. The van der Waals surface area contributed by atoms with E-state index in [-0.39, 0.29) is 0 Å². The van der Waals surface area contributed by atoms with Gasteiger partial charge in [-0.25, -0.2) is 0 Å². The van der Waals surface area contributed by atoms with Gasteiger partial charge in [0.25, 0.3) is 0 Å². The van der Waals surface area contributed by atoms with Crippen LogP contribution in [0.1, 0.15) is 44.8 Å². The number of hydrogen-bond acceptors (Lipinski definition) is 3. The molecular weight excluding hydrogens is 224 g/mol. The van der Waals surface area contributed by atoms with Gasteiger partial charge in [-0.3, -0.25) is 4.98 Å². The summed E-state index contributed by atoms with van der Waals surface area (Å²) in [5.74, 6) is 1.63. The summed E-state index contributed by atoms with van der Waals surface area (Å²) < 4.78 is 0. The molecule has 1 heterocycles. The second-order valence-electron chi connectivity index (χ2n) is 5.67. The zero-order chi connectivity index (χ0) is 13.0. The standard InChI is InChI=1S/C15H24N2O/c1-11-3-4-14(9-12(11)2)17-10-15(18)13-5-7-16-8-6-13/h5-8,11-12,14-15,17-18H,3-4,9-10H2,1-2H3/t11-,12-,14+,15+/m1/s1. The van der Waals surface area contributed by atoms with Gasteiger partial charge in [-0.2, -0.15) is 0 Å². The number of aliphatic hydroxyl groups excluding tert-OH is 1. The molecule has 1 saturated carbocycles. The predicted molar refractivity (Wildman–Crippen MR) is 73.2 cm³/mol. The third-order valence-electron chi connectivity index (χ3n) is 4.29. The lowest BCUT2D eigenvalue weighted by Crippen LogP contribution is -2.38. The summed E-state index contributed by atoms with van der Waals surface area (Å²) in [4.78, 5) is 3.96. The van der Waals surface area contributed by atoms with E-state index in [4.69, 9.17) is 0 Å². The van der Waals surface area contributed by atoms with Crippen molar-refractivity contribution in [1.82, 2.24) is 10.3 Å². The van der Waals surface area contributed by atoms with Crippen molar-refractivity contribution < 1.29 is 5.11 Å². The van der Waals surface area contributed by atoms with Gasteiger partial charge in [0.15, 0.2) is 0 Å². The van der Waals surface area contributed by atoms with Gasteiger partial charge in [0, 0.05) is 25.0 Å². The van der Waals surface area contributed by atoms with Crippen molar-refractivity contribution in [3.8, 4) is 0 Å². The van der Waals surface area contributed by atoms with Gasteiger partial charge in [0.1, 0.15) is 0 Å². The minimum Gasteiger partial charge on any atom is -0.387 e. The normalized spacial score (nSPS) is 30.1. The molecule has 100 valence electrons. The van der Waals surface area contributed by atoms with E-state index < -0.39 is 6.10 Å². The lowest BCUT2D eigenvalue weighted by atomic mass is 9.79. The molecule has 1 aliphatic rings. The SMILES string of the molecule is C[C@@H]1CC[C@H](NC[C@H](O)c2ccncc2)C[C@H]1C. The van der Waals surface area contributed by atoms with Crippen LogP contribution in [0.2, 0.25) is 0 Å². The monoisotopic (exact) mass is 248 g/mol. The molecule has 0 spiro atoms. The van der Waals surface area contributed by atoms with Crippen LogP contribution in [0.4, 0.5) is 0 Å². The highest BCUT2D eigenvalue weighted by atomic mass is 16.3. The molecule has 0 aromatic carbocycles. The summed E-state index contributed by atoms with van der Waals surface area (Å²) in [5, 5.41) is 13.6. The third-order valence-corrected chi connectivity index (χ3v) is 4.29. The highest BCUT2D eigenvalue weighted by Crippen LogP contribution is 2.29. The van der Waals surface area contributed by atoms with Crippen molar-refractivity contribution in [2.24, 2.45) is 11.8 Å². The summed E-state index contributed by atoms with van der Waals surface area (Å²) in [6.07, 6.45) is 6.78. The Balaban J connectivity index is 1.78. The molecule has 1 aromatic rings. The average molecular weight is 248 g/mol. The second-order valence-corrected chi connectivity index (χ2v) is 5.67. The van der Waals surface area contributed by atoms with Gasteiger partial charge in [-0.1, -0.05) is 13.8 Å². The van der Waals surface area contributed by atoms with E-state index in [1.807, 2.05) is 12.1 Å². The van der Waals surface area contributed by atoms with Gasteiger partial charge < -0.3 is 10.4 Å². The molecule has 0 saturated heterocycles. The first-order valence-corrected chi connectivity index (χ1v) is 6.98. The Morgan fingerprint density at radius 3 is 2.67 bits per heavy atom. The Hall–Kier alpha value is -0.930. The number of pyridine rings is 1. The van der Waals surface area contributed by atoms with Gasteiger partial charge in [-0.05, 0) is 48.8 Å². The Bertz CT molecular complexity index is 355.